The van der Waals surface area contributed by atoms with E-state index in [2.05, 4.69) is 65.4 Å². The molecule has 234 valence electrons. The van der Waals surface area contributed by atoms with Gasteiger partial charge < -0.3 is 25.2 Å². The number of piperidine rings is 1. The SMILES string of the molecule is CN1CCN(C2CCN(c3ccc(Nc4ncc(Br)c(Nc5cccc6c5N(S(C)(=O)=O)CC6)n4)c4c3CCO4)CC2)CC1. The molecule has 0 amide bonds. The van der Waals surface area contributed by atoms with Crippen LogP contribution in [0.2, 0.25) is 0 Å². The Morgan fingerprint density at radius 2 is 1.75 bits per heavy atom. The van der Waals surface area contributed by atoms with Crippen molar-refractivity contribution in [2.24, 2.45) is 0 Å². The van der Waals surface area contributed by atoms with E-state index in [-0.39, 0.29) is 0 Å². The van der Waals surface area contributed by atoms with Crippen molar-refractivity contribution in [3.63, 3.8) is 0 Å². The van der Waals surface area contributed by atoms with Gasteiger partial charge in [-0.05, 0) is 66.0 Å². The highest BCUT2D eigenvalue weighted by Crippen LogP contribution is 2.43. The molecule has 3 aromatic rings. The van der Waals surface area contributed by atoms with Gasteiger partial charge in [0.1, 0.15) is 11.6 Å². The second-order valence-electron chi connectivity index (χ2n) is 12.1. The highest BCUT2D eigenvalue weighted by molar-refractivity contribution is 9.10. The highest BCUT2D eigenvalue weighted by atomic mass is 79.9. The Morgan fingerprint density at radius 3 is 2.52 bits per heavy atom. The van der Waals surface area contributed by atoms with Crippen LogP contribution in [0.1, 0.15) is 24.0 Å². The van der Waals surface area contributed by atoms with Gasteiger partial charge >= 0.3 is 0 Å². The average Bonchev–Trinajstić information content (AvgIpc) is 3.69. The normalized spacial score (nSPS) is 19.5. The molecule has 11 nitrogen and oxygen atoms in total. The molecule has 5 heterocycles. The Kier molecular flexibility index (Phi) is 8.06. The first-order valence-corrected chi connectivity index (χ1v) is 18.0. The van der Waals surface area contributed by atoms with Crippen LogP contribution in [0.4, 0.5) is 34.5 Å². The van der Waals surface area contributed by atoms with E-state index in [4.69, 9.17) is 9.72 Å². The van der Waals surface area contributed by atoms with Crippen molar-refractivity contribution in [3.8, 4) is 5.75 Å². The van der Waals surface area contributed by atoms with E-state index in [0.29, 0.717) is 53.2 Å². The molecular weight excluding hydrogens is 644 g/mol. The van der Waals surface area contributed by atoms with Crippen molar-refractivity contribution < 1.29 is 13.2 Å². The lowest BCUT2D eigenvalue weighted by Crippen LogP contribution is -2.52. The molecule has 2 saturated heterocycles. The predicted molar refractivity (Wildman–Crippen MR) is 179 cm³/mol. The average molecular weight is 684 g/mol. The zero-order valence-electron chi connectivity index (χ0n) is 25.2. The first kappa shape index (κ1) is 29.6. The van der Waals surface area contributed by atoms with Gasteiger partial charge in [-0.25, -0.2) is 13.4 Å². The monoisotopic (exact) mass is 682 g/mol. The third-order valence-corrected chi connectivity index (χ3v) is 11.0. The maximum atomic E-state index is 12.5. The van der Waals surface area contributed by atoms with Gasteiger partial charge in [0.25, 0.3) is 0 Å². The Morgan fingerprint density at radius 1 is 0.955 bits per heavy atom. The zero-order chi connectivity index (χ0) is 30.4. The molecule has 44 heavy (non-hydrogen) atoms. The Bertz CT molecular complexity index is 1660. The standard InChI is InChI=1S/C31H39BrN8O3S/c1-37-15-17-38(18-16-37)22-9-12-39(13-10-22)27-7-6-26(29-23(27)11-19-43-29)35-31-33-20-24(32)30(36-31)34-25-5-3-4-21-8-14-40(28(21)25)44(2,41)42/h3-7,20,22H,8-19H2,1-2H3,(H2,33,34,35,36). The lowest BCUT2D eigenvalue weighted by molar-refractivity contribution is 0.0982. The van der Waals surface area contributed by atoms with Crippen LogP contribution in [-0.4, -0.2) is 100.0 Å². The van der Waals surface area contributed by atoms with Crippen molar-refractivity contribution >= 4 is 60.5 Å². The van der Waals surface area contributed by atoms with Gasteiger partial charge in [0.05, 0.1) is 34.4 Å². The number of benzene rings is 2. The van der Waals surface area contributed by atoms with Gasteiger partial charge in [0, 0.05) is 75.7 Å². The van der Waals surface area contributed by atoms with Gasteiger partial charge in [-0.3, -0.25) is 9.21 Å². The molecule has 0 spiro atoms. The second kappa shape index (κ2) is 12.0. The molecule has 1 aromatic heterocycles. The van der Waals surface area contributed by atoms with Crippen molar-refractivity contribution in [3.05, 3.63) is 52.1 Å². The van der Waals surface area contributed by atoms with Crippen molar-refractivity contribution in [1.82, 2.24) is 19.8 Å². The number of nitrogens with one attached hydrogen (secondary N) is 2. The first-order chi connectivity index (χ1) is 21.2. The first-order valence-electron chi connectivity index (χ1n) is 15.4. The molecule has 2 fully saturated rings. The van der Waals surface area contributed by atoms with Crippen molar-refractivity contribution in [2.45, 2.75) is 31.7 Å². The number of sulfonamides is 1. The summed E-state index contributed by atoms with van der Waals surface area (Å²) in [6.45, 7) is 7.87. The maximum Gasteiger partial charge on any atom is 0.232 e. The number of rotatable bonds is 7. The molecule has 0 atom stereocenters. The summed E-state index contributed by atoms with van der Waals surface area (Å²) in [5, 5.41) is 6.73. The van der Waals surface area contributed by atoms with Crippen LogP contribution in [0.5, 0.6) is 5.75 Å². The number of fused-ring (bicyclic) bond motifs is 2. The number of ether oxygens (including phenoxy) is 1. The summed E-state index contributed by atoms with van der Waals surface area (Å²) in [7, 11) is -1.19. The largest absolute Gasteiger partial charge is 0.491 e. The molecule has 4 aliphatic rings. The molecular formula is C31H39BrN8O3S. The maximum absolute atomic E-state index is 12.5. The summed E-state index contributed by atoms with van der Waals surface area (Å²) >= 11 is 3.56. The molecule has 13 heteroatoms. The van der Waals surface area contributed by atoms with E-state index in [1.54, 1.807) is 6.20 Å². The van der Waals surface area contributed by atoms with E-state index in [1.807, 2.05) is 18.2 Å². The number of halogens is 1. The number of hydrogen-bond donors (Lipinski definition) is 2. The number of anilines is 6. The van der Waals surface area contributed by atoms with Gasteiger partial charge in [0.15, 0.2) is 0 Å². The zero-order valence-corrected chi connectivity index (χ0v) is 27.6. The molecule has 0 unspecified atom stereocenters. The van der Waals surface area contributed by atoms with Crippen LogP contribution in [0, 0.1) is 0 Å². The molecule has 0 saturated carbocycles. The third kappa shape index (κ3) is 5.82. The fourth-order valence-corrected chi connectivity index (χ4v) is 8.21. The lowest BCUT2D eigenvalue weighted by atomic mass is 9.99. The molecule has 2 aromatic carbocycles. The Balaban J connectivity index is 1.08. The van der Waals surface area contributed by atoms with Crippen LogP contribution in [0.3, 0.4) is 0 Å². The minimum Gasteiger partial charge on any atom is -0.491 e. The fourth-order valence-electron chi connectivity index (χ4n) is 6.95. The summed E-state index contributed by atoms with van der Waals surface area (Å²) in [5.74, 6) is 1.82. The number of nitrogens with zero attached hydrogens (tertiary/aromatic N) is 6. The third-order valence-electron chi connectivity index (χ3n) is 9.29. The summed E-state index contributed by atoms with van der Waals surface area (Å²) in [5.41, 5.74) is 5.69. The van der Waals surface area contributed by atoms with Crippen molar-refractivity contribution in [2.75, 3.05) is 85.6 Å². The summed E-state index contributed by atoms with van der Waals surface area (Å²) < 4.78 is 33.2. The van der Waals surface area contributed by atoms with E-state index in [9.17, 15) is 8.42 Å². The van der Waals surface area contributed by atoms with E-state index < -0.39 is 10.0 Å². The van der Waals surface area contributed by atoms with E-state index in [0.717, 1.165) is 49.6 Å². The van der Waals surface area contributed by atoms with Crippen LogP contribution in [0.25, 0.3) is 0 Å². The van der Waals surface area contributed by atoms with Crippen molar-refractivity contribution in [1.29, 1.82) is 0 Å². The number of likely N-dealkylation sites (N-methyl/N-ethyl adjacent to an activating group) is 1. The van der Waals surface area contributed by atoms with E-state index in [1.165, 1.54) is 47.7 Å². The second-order valence-corrected chi connectivity index (χ2v) is 14.9. The number of aromatic nitrogens is 2. The predicted octanol–water partition coefficient (Wildman–Crippen LogP) is 4.20. The number of hydrogen-bond acceptors (Lipinski definition) is 10. The number of piperazine rings is 1. The molecule has 7 rings (SSSR count). The van der Waals surface area contributed by atoms with Crippen LogP contribution >= 0.6 is 15.9 Å². The van der Waals surface area contributed by atoms with Crippen LogP contribution < -0.4 is 24.6 Å². The highest BCUT2D eigenvalue weighted by Gasteiger charge is 2.31. The molecule has 0 bridgehead atoms. The summed E-state index contributed by atoms with van der Waals surface area (Å²) in [6.07, 6.45) is 6.86. The van der Waals surface area contributed by atoms with Gasteiger partial charge in [-0.1, -0.05) is 12.1 Å². The van der Waals surface area contributed by atoms with E-state index >= 15 is 0 Å². The molecule has 0 radical (unpaired) electrons. The molecule has 0 aliphatic carbocycles. The van der Waals surface area contributed by atoms with Gasteiger partial charge in [0.2, 0.25) is 16.0 Å². The Labute approximate surface area is 267 Å². The van der Waals surface area contributed by atoms with Crippen LogP contribution in [-0.2, 0) is 22.9 Å². The topological polar surface area (TPSA) is 106 Å². The minimum atomic E-state index is -3.40. The van der Waals surface area contributed by atoms with Gasteiger partial charge in [-0.2, -0.15) is 4.98 Å². The Hall–Kier alpha value is -3.13. The van der Waals surface area contributed by atoms with Gasteiger partial charge in [-0.15, -0.1) is 0 Å². The summed E-state index contributed by atoms with van der Waals surface area (Å²) in [4.78, 5) is 16.9. The fraction of sp³-hybridized carbons (Fsp3) is 0.484. The van der Waals surface area contributed by atoms with Crippen LogP contribution in [0.15, 0.2) is 41.0 Å². The quantitative estimate of drug-likeness (QED) is 0.377. The lowest BCUT2D eigenvalue weighted by Gasteiger charge is -2.43. The smallest absolute Gasteiger partial charge is 0.232 e. The number of para-hydroxylation sites is 1. The summed E-state index contributed by atoms with van der Waals surface area (Å²) in [6, 6.07) is 10.7. The molecule has 4 aliphatic heterocycles. The minimum absolute atomic E-state index is 0.418. The molecule has 2 N–H and O–H groups in total.